The van der Waals surface area contributed by atoms with Crippen LogP contribution in [0.4, 0.5) is 0 Å². The Morgan fingerprint density at radius 1 is 1.38 bits per heavy atom. The van der Waals surface area contributed by atoms with Crippen molar-refractivity contribution in [2.24, 2.45) is 0 Å². The lowest BCUT2D eigenvalue weighted by atomic mass is 9.89. The number of ether oxygens (including phenoxy) is 2. The van der Waals surface area contributed by atoms with Crippen molar-refractivity contribution in [2.45, 2.75) is 25.7 Å². The van der Waals surface area contributed by atoms with Gasteiger partial charge in [-0.1, -0.05) is 18.2 Å². The first kappa shape index (κ1) is 13.8. The third-order valence-corrected chi connectivity index (χ3v) is 4.26. The smallest absolute Gasteiger partial charge is 0.311 e. The Balaban J connectivity index is 1.96. The molecular weight excluding hydrogens is 288 g/mol. The van der Waals surface area contributed by atoms with Gasteiger partial charge in [-0.2, -0.15) is 0 Å². The van der Waals surface area contributed by atoms with E-state index >= 15 is 0 Å². The summed E-state index contributed by atoms with van der Waals surface area (Å²) in [5, 5.41) is 2.02. The number of fused-ring (bicyclic) bond motifs is 1. The Labute approximate surface area is 126 Å². The second kappa shape index (κ2) is 5.69. The van der Waals surface area contributed by atoms with Crippen molar-refractivity contribution in [2.75, 3.05) is 0 Å². The molecule has 0 fully saturated rings. The quantitative estimate of drug-likeness (QED) is 0.645. The molecule has 2 aromatic rings. The van der Waals surface area contributed by atoms with Crippen molar-refractivity contribution in [1.82, 2.24) is 0 Å². The lowest BCUT2D eigenvalue weighted by Gasteiger charge is -2.25. The molecule has 0 amide bonds. The van der Waals surface area contributed by atoms with Gasteiger partial charge in [-0.05, 0) is 23.9 Å². The number of benzene rings is 1. The highest BCUT2D eigenvalue weighted by Crippen LogP contribution is 2.42. The molecule has 1 unspecified atom stereocenters. The number of hydrogen-bond acceptors (Lipinski definition) is 5. The molecule has 2 heterocycles. The van der Waals surface area contributed by atoms with Crippen LogP contribution in [0.25, 0.3) is 0 Å². The van der Waals surface area contributed by atoms with E-state index in [4.69, 9.17) is 9.47 Å². The number of hydrogen-bond donors (Lipinski definition) is 0. The molecule has 108 valence electrons. The maximum absolute atomic E-state index is 11.8. The predicted molar refractivity (Wildman–Crippen MR) is 78.8 cm³/mol. The molecule has 3 rings (SSSR count). The maximum atomic E-state index is 11.8. The van der Waals surface area contributed by atoms with Gasteiger partial charge < -0.3 is 9.47 Å². The van der Waals surface area contributed by atoms with Crippen LogP contribution in [0, 0.1) is 0 Å². The van der Waals surface area contributed by atoms with E-state index in [0.717, 1.165) is 12.0 Å². The summed E-state index contributed by atoms with van der Waals surface area (Å²) >= 11 is 1.67. The van der Waals surface area contributed by atoms with E-state index in [-0.39, 0.29) is 11.9 Å². The minimum absolute atomic E-state index is 0.0513. The molecule has 0 saturated carbocycles. The van der Waals surface area contributed by atoms with Crippen LogP contribution in [0.1, 0.15) is 29.7 Å². The molecule has 0 N–H and O–H groups in total. The predicted octanol–water partition coefficient (Wildman–Crippen LogP) is 3.31. The Morgan fingerprint density at radius 2 is 2.24 bits per heavy atom. The molecule has 1 aromatic carbocycles. The maximum Gasteiger partial charge on any atom is 0.311 e. The average molecular weight is 302 g/mol. The third-order valence-electron chi connectivity index (χ3n) is 3.36. The van der Waals surface area contributed by atoms with Crippen LogP contribution >= 0.6 is 11.3 Å². The van der Waals surface area contributed by atoms with Crippen molar-refractivity contribution >= 4 is 23.3 Å². The lowest BCUT2D eigenvalue weighted by molar-refractivity contribution is -0.137. The molecule has 1 aliphatic rings. The van der Waals surface area contributed by atoms with Gasteiger partial charge in [-0.25, -0.2) is 0 Å². The highest BCUT2D eigenvalue weighted by molar-refractivity contribution is 7.09. The van der Waals surface area contributed by atoms with Crippen LogP contribution in [0.3, 0.4) is 0 Å². The molecule has 4 nitrogen and oxygen atoms in total. The van der Waals surface area contributed by atoms with Crippen LogP contribution in [0.5, 0.6) is 11.5 Å². The first-order valence-corrected chi connectivity index (χ1v) is 7.56. The number of esters is 2. The van der Waals surface area contributed by atoms with E-state index < -0.39 is 5.97 Å². The first-order chi connectivity index (χ1) is 10.1. The Kier molecular flexibility index (Phi) is 3.75. The SMILES string of the molecule is CC(=O)Oc1cccc2c1OC(=O)CC2Cc1cccs1. The van der Waals surface area contributed by atoms with Crippen molar-refractivity contribution < 1.29 is 19.1 Å². The fourth-order valence-electron chi connectivity index (χ4n) is 2.52. The Morgan fingerprint density at radius 3 is 2.95 bits per heavy atom. The zero-order chi connectivity index (χ0) is 14.8. The minimum Gasteiger partial charge on any atom is -0.423 e. The molecule has 1 atom stereocenters. The third kappa shape index (κ3) is 2.97. The fourth-order valence-corrected chi connectivity index (χ4v) is 3.31. The van der Waals surface area contributed by atoms with Gasteiger partial charge in [0, 0.05) is 23.3 Å². The standard InChI is InChI=1S/C16H14O4S/c1-10(17)19-14-6-2-5-13-11(8-12-4-3-7-21-12)9-15(18)20-16(13)14/h2-7,11H,8-9H2,1H3. The molecule has 1 aromatic heterocycles. The molecular formula is C16H14O4S. The first-order valence-electron chi connectivity index (χ1n) is 6.68. The molecule has 0 spiro atoms. The number of rotatable bonds is 3. The topological polar surface area (TPSA) is 52.6 Å². The summed E-state index contributed by atoms with van der Waals surface area (Å²) < 4.78 is 10.4. The van der Waals surface area contributed by atoms with E-state index in [2.05, 4.69) is 6.07 Å². The van der Waals surface area contributed by atoms with Gasteiger partial charge in [0.2, 0.25) is 0 Å². The fraction of sp³-hybridized carbons (Fsp3) is 0.250. The van der Waals surface area contributed by atoms with Crippen LogP contribution in [0.2, 0.25) is 0 Å². The molecule has 5 heteroatoms. The van der Waals surface area contributed by atoms with E-state index in [0.29, 0.717) is 17.9 Å². The van der Waals surface area contributed by atoms with Crippen LogP contribution in [-0.4, -0.2) is 11.9 Å². The zero-order valence-electron chi connectivity index (χ0n) is 11.5. The molecule has 1 aliphatic heterocycles. The lowest BCUT2D eigenvalue weighted by Crippen LogP contribution is -2.22. The largest absolute Gasteiger partial charge is 0.423 e. The molecule has 0 radical (unpaired) electrons. The van der Waals surface area contributed by atoms with Crippen LogP contribution in [0.15, 0.2) is 35.7 Å². The van der Waals surface area contributed by atoms with E-state index in [1.165, 1.54) is 11.8 Å². The normalized spacial score (nSPS) is 17.0. The van der Waals surface area contributed by atoms with E-state index in [9.17, 15) is 9.59 Å². The van der Waals surface area contributed by atoms with Gasteiger partial charge in [0.25, 0.3) is 0 Å². The van der Waals surface area contributed by atoms with Gasteiger partial charge in [0.1, 0.15) is 0 Å². The molecule has 0 aliphatic carbocycles. The van der Waals surface area contributed by atoms with Crippen molar-refractivity contribution in [3.8, 4) is 11.5 Å². The summed E-state index contributed by atoms with van der Waals surface area (Å²) in [5.41, 5.74) is 0.918. The summed E-state index contributed by atoms with van der Waals surface area (Å²) in [6.45, 7) is 1.33. The summed E-state index contributed by atoms with van der Waals surface area (Å²) in [6.07, 6.45) is 1.12. The number of thiophene rings is 1. The molecule has 21 heavy (non-hydrogen) atoms. The zero-order valence-corrected chi connectivity index (χ0v) is 12.3. The van der Waals surface area contributed by atoms with Crippen LogP contribution < -0.4 is 9.47 Å². The van der Waals surface area contributed by atoms with Gasteiger partial charge in [-0.15, -0.1) is 11.3 Å². The summed E-state index contributed by atoms with van der Waals surface area (Å²) in [4.78, 5) is 24.2. The summed E-state index contributed by atoms with van der Waals surface area (Å²) in [5.74, 6) is 0.0219. The van der Waals surface area contributed by atoms with Crippen molar-refractivity contribution in [3.05, 3.63) is 46.2 Å². The van der Waals surface area contributed by atoms with Crippen LogP contribution in [-0.2, 0) is 16.0 Å². The van der Waals surface area contributed by atoms with Gasteiger partial charge in [0.05, 0.1) is 6.42 Å². The second-order valence-electron chi connectivity index (χ2n) is 4.93. The monoisotopic (exact) mass is 302 g/mol. The van der Waals surface area contributed by atoms with Gasteiger partial charge >= 0.3 is 11.9 Å². The highest BCUT2D eigenvalue weighted by atomic mass is 32.1. The van der Waals surface area contributed by atoms with Gasteiger partial charge in [-0.3, -0.25) is 9.59 Å². The van der Waals surface area contributed by atoms with Gasteiger partial charge in [0.15, 0.2) is 11.5 Å². The number of para-hydroxylation sites is 1. The van der Waals surface area contributed by atoms with Crippen molar-refractivity contribution in [3.63, 3.8) is 0 Å². The van der Waals surface area contributed by atoms with E-state index in [1.807, 2.05) is 23.6 Å². The van der Waals surface area contributed by atoms with E-state index in [1.54, 1.807) is 17.4 Å². The summed E-state index contributed by atoms with van der Waals surface area (Å²) in [7, 11) is 0. The molecule has 0 saturated heterocycles. The number of carbonyl (C=O) groups excluding carboxylic acids is 2. The number of carbonyl (C=O) groups is 2. The average Bonchev–Trinajstić information content (AvgIpc) is 2.92. The highest BCUT2D eigenvalue weighted by Gasteiger charge is 2.30. The minimum atomic E-state index is -0.431. The summed E-state index contributed by atoms with van der Waals surface area (Å²) in [6, 6.07) is 9.43. The molecule has 0 bridgehead atoms. The Hall–Kier alpha value is -2.14. The Bertz CT molecular complexity index is 676. The second-order valence-corrected chi connectivity index (χ2v) is 5.96. The van der Waals surface area contributed by atoms with Crippen molar-refractivity contribution in [1.29, 1.82) is 0 Å².